The van der Waals surface area contributed by atoms with Gasteiger partial charge in [0.05, 0.1) is 23.6 Å². The number of hydrogen-bond acceptors (Lipinski definition) is 3. The van der Waals surface area contributed by atoms with Crippen molar-refractivity contribution in [2.75, 3.05) is 6.54 Å². The number of carbonyl (C=O) groups excluding carboxylic acids is 1. The van der Waals surface area contributed by atoms with E-state index in [0.29, 0.717) is 19.5 Å². The van der Waals surface area contributed by atoms with Crippen LogP contribution in [0.4, 0.5) is 0 Å². The highest BCUT2D eigenvalue weighted by molar-refractivity contribution is 9.10. The van der Waals surface area contributed by atoms with Crippen molar-refractivity contribution in [1.29, 1.82) is 0 Å². The van der Waals surface area contributed by atoms with Gasteiger partial charge < -0.3 is 9.73 Å². The molecule has 0 radical (unpaired) electrons. The fourth-order valence-electron chi connectivity index (χ4n) is 2.62. The predicted octanol–water partition coefficient (Wildman–Crippen LogP) is 3.31. The van der Waals surface area contributed by atoms with Crippen LogP contribution in [0.2, 0.25) is 0 Å². The summed E-state index contributed by atoms with van der Waals surface area (Å²) >= 11 is 3.35. The maximum absolute atomic E-state index is 12.2. The first kappa shape index (κ1) is 15.8. The SMILES string of the molecule is CCc1oc2ccccc2c1CC(=O)NCCn1cc(Br)cn1. The summed E-state index contributed by atoms with van der Waals surface area (Å²) in [4.78, 5) is 12.2. The van der Waals surface area contributed by atoms with Gasteiger partial charge in [-0.2, -0.15) is 5.10 Å². The third-order valence-electron chi connectivity index (χ3n) is 3.71. The number of aromatic nitrogens is 2. The van der Waals surface area contributed by atoms with Crippen LogP contribution in [0.25, 0.3) is 11.0 Å². The largest absolute Gasteiger partial charge is 0.461 e. The summed E-state index contributed by atoms with van der Waals surface area (Å²) in [6, 6.07) is 7.85. The molecule has 5 nitrogen and oxygen atoms in total. The molecule has 23 heavy (non-hydrogen) atoms. The van der Waals surface area contributed by atoms with Gasteiger partial charge in [0.2, 0.25) is 5.91 Å². The van der Waals surface area contributed by atoms with Crippen molar-refractivity contribution in [1.82, 2.24) is 15.1 Å². The van der Waals surface area contributed by atoms with Crippen LogP contribution < -0.4 is 5.32 Å². The molecule has 1 amide bonds. The lowest BCUT2D eigenvalue weighted by Gasteiger charge is -2.06. The maximum Gasteiger partial charge on any atom is 0.224 e. The van der Waals surface area contributed by atoms with Crippen molar-refractivity contribution in [2.45, 2.75) is 26.3 Å². The van der Waals surface area contributed by atoms with Gasteiger partial charge in [-0.15, -0.1) is 0 Å². The van der Waals surface area contributed by atoms with E-state index in [-0.39, 0.29) is 5.91 Å². The Labute approximate surface area is 142 Å². The lowest BCUT2D eigenvalue weighted by molar-refractivity contribution is -0.120. The van der Waals surface area contributed by atoms with E-state index in [1.165, 1.54) is 0 Å². The standard InChI is InChI=1S/C17H18BrN3O2/c1-2-15-14(13-5-3-4-6-16(13)23-15)9-17(22)19-7-8-21-11-12(18)10-20-21/h3-6,10-11H,2,7-9H2,1H3,(H,19,22). The second-order valence-electron chi connectivity index (χ2n) is 5.30. The van der Waals surface area contributed by atoms with Gasteiger partial charge >= 0.3 is 0 Å². The molecule has 0 aliphatic heterocycles. The van der Waals surface area contributed by atoms with Crippen LogP contribution in [-0.4, -0.2) is 22.2 Å². The molecule has 2 heterocycles. The molecule has 0 saturated carbocycles. The molecule has 0 saturated heterocycles. The second kappa shape index (κ2) is 7.00. The molecule has 0 fully saturated rings. The Balaban J connectivity index is 1.63. The van der Waals surface area contributed by atoms with Crippen LogP contribution >= 0.6 is 15.9 Å². The Morgan fingerprint density at radius 3 is 2.96 bits per heavy atom. The van der Waals surface area contributed by atoms with Gasteiger partial charge in [-0.05, 0) is 22.0 Å². The molecular formula is C17H18BrN3O2. The minimum absolute atomic E-state index is 0.00234. The number of furan rings is 1. The number of hydrogen-bond donors (Lipinski definition) is 1. The zero-order valence-corrected chi connectivity index (χ0v) is 14.5. The molecule has 0 aliphatic carbocycles. The molecule has 0 spiro atoms. The average molecular weight is 376 g/mol. The maximum atomic E-state index is 12.2. The van der Waals surface area contributed by atoms with Crippen molar-refractivity contribution < 1.29 is 9.21 Å². The molecule has 1 N–H and O–H groups in total. The van der Waals surface area contributed by atoms with E-state index < -0.39 is 0 Å². The van der Waals surface area contributed by atoms with Crippen LogP contribution in [0.5, 0.6) is 0 Å². The Bertz CT molecular complexity index is 822. The normalized spacial score (nSPS) is 11.0. The predicted molar refractivity (Wildman–Crippen MR) is 92.2 cm³/mol. The van der Waals surface area contributed by atoms with Crippen LogP contribution in [0.3, 0.4) is 0 Å². The number of carbonyl (C=O) groups is 1. The summed E-state index contributed by atoms with van der Waals surface area (Å²) in [5.41, 5.74) is 1.83. The van der Waals surface area contributed by atoms with E-state index in [9.17, 15) is 4.79 Å². The summed E-state index contributed by atoms with van der Waals surface area (Å²) in [7, 11) is 0. The highest BCUT2D eigenvalue weighted by Crippen LogP contribution is 2.26. The van der Waals surface area contributed by atoms with Crippen LogP contribution in [-0.2, 0) is 24.2 Å². The highest BCUT2D eigenvalue weighted by Gasteiger charge is 2.15. The van der Waals surface area contributed by atoms with Gasteiger partial charge in [0.15, 0.2) is 0 Å². The van der Waals surface area contributed by atoms with Gasteiger partial charge in [-0.1, -0.05) is 25.1 Å². The Morgan fingerprint density at radius 2 is 2.22 bits per heavy atom. The number of benzene rings is 1. The fraction of sp³-hybridized carbons (Fsp3) is 0.294. The number of aryl methyl sites for hydroxylation is 1. The monoisotopic (exact) mass is 375 g/mol. The van der Waals surface area contributed by atoms with Gasteiger partial charge in [-0.3, -0.25) is 9.48 Å². The molecule has 3 aromatic rings. The molecular weight excluding hydrogens is 358 g/mol. The van der Waals surface area contributed by atoms with Crippen molar-refractivity contribution in [3.05, 3.63) is 52.5 Å². The third-order valence-corrected chi connectivity index (χ3v) is 4.11. The number of nitrogens with one attached hydrogen (secondary N) is 1. The summed E-state index contributed by atoms with van der Waals surface area (Å²) < 4.78 is 8.54. The van der Waals surface area contributed by atoms with Crippen molar-refractivity contribution in [3.8, 4) is 0 Å². The van der Waals surface area contributed by atoms with Crippen molar-refractivity contribution >= 4 is 32.8 Å². The summed E-state index contributed by atoms with van der Waals surface area (Å²) in [6.07, 6.45) is 4.72. The van der Waals surface area contributed by atoms with E-state index in [2.05, 4.69) is 26.3 Å². The smallest absolute Gasteiger partial charge is 0.224 e. The summed E-state index contributed by atoms with van der Waals surface area (Å²) in [6.45, 7) is 3.23. The number of rotatable bonds is 6. The third kappa shape index (κ3) is 3.64. The van der Waals surface area contributed by atoms with E-state index in [4.69, 9.17) is 4.42 Å². The zero-order chi connectivity index (χ0) is 16.2. The van der Waals surface area contributed by atoms with E-state index in [1.807, 2.05) is 37.4 Å². The molecule has 0 atom stereocenters. The molecule has 1 aromatic carbocycles. The zero-order valence-electron chi connectivity index (χ0n) is 12.9. The van der Waals surface area contributed by atoms with Gasteiger partial charge in [-0.25, -0.2) is 0 Å². The van der Waals surface area contributed by atoms with Crippen LogP contribution in [0, 0.1) is 0 Å². The lowest BCUT2D eigenvalue weighted by atomic mass is 10.1. The molecule has 0 aliphatic rings. The first-order chi connectivity index (χ1) is 11.2. The number of halogens is 1. The van der Waals surface area contributed by atoms with E-state index in [0.717, 1.165) is 33.2 Å². The minimum Gasteiger partial charge on any atom is -0.461 e. The molecule has 0 bridgehead atoms. The Kier molecular flexibility index (Phi) is 4.81. The first-order valence-corrected chi connectivity index (χ1v) is 8.40. The van der Waals surface area contributed by atoms with Crippen LogP contribution in [0.1, 0.15) is 18.2 Å². The lowest BCUT2D eigenvalue weighted by Crippen LogP contribution is -2.28. The number of fused-ring (bicyclic) bond motifs is 1. The highest BCUT2D eigenvalue weighted by atomic mass is 79.9. The molecule has 6 heteroatoms. The molecule has 120 valence electrons. The van der Waals surface area contributed by atoms with Crippen molar-refractivity contribution in [3.63, 3.8) is 0 Å². The van der Waals surface area contributed by atoms with Gasteiger partial charge in [0.1, 0.15) is 11.3 Å². The quantitative estimate of drug-likeness (QED) is 0.718. The Morgan fingerprint density at radius 1 is 1.39 bits per heavy atom. The van der Waals surface area contributed by atoms with Gasteiger partial charge in [0.25, 0.3) is 0 Å². The Hall–Kier alpha value is -2.08. The summed E-state index contributed by atoms with van der Waals surface area (Å²) in [5, 5.41) is 8.12. The topological polar surface area (TPSA) is 60.1 Å². The number of amides is 1. The number of nitrogens with zero attached hydrogens (tertiary/aromatic N) is 2. The van der Waals surface area contributed by atoms with Gasteiger partial charge in [0, 0.05) is 30.1 Å². The van der Waals surface area contributed by atoms with Crippen LogP contribution in [0.15, 0.2) is 45.5 Å². The summed E-state index contributed by atoms with van der Waals surface area (Å²) in [5.74, 6) is 0.884. The second-order valence-corrected chi connectivity index (χ2v) is 6.22. The van der Waals surface area contributed by atoms with E-state index >= 15 is 0 Å². The minimum atomic E-state index is -0.00234. The number of para-hydroxylation sites is 1. The average Bonchev–Trinajstić information content (AvgIpc) is 3.11. The fourth-order valence-corrected chi connectivity index (χ4v) is 2.95. The first-order valence-electron chi connectivity index (χ1n) is 7.61. The molecule has 3 rings (SSSR count). The molecule has 2 aromatic heterocycles. The van der Waals surface area contributed by atoms with E-state index in [1.54, 1.807) is 10.9 Å². The van der Waals surface area contributed by atoms with Crippen molar-refractivity contribution in [2.24, 2.45) is 0 Å². The molecule has 0 unspecified atom stereocenters.